The number of aromatic carboxylic acids is 1. The van der Waals surface area contributed by atoms with Crippen LogP contribution in [-0.2, 0) is 4.79 Å². The van der Waals surface area contributed by atoms with Gasteiger partial charge in [0.15, 0.2) is 0 Å². The Bertz CT molecular complexity index is 445. The molecule has 0 aliphatic carbocycles. The second-order valence-corrected chi connectivity index (χ2v) is 4.53. The van der Waals surface area contributed by atoms with Gasteiger partial charge in [0, 0.05) is 26.1 Å². The Kier molecular flexibility index (Phi) is 7.89. The first-order chi connectivity index (χ1) is 10.1. The highest BCUT2D eigenvalue weighted by atomic mass is 16.5. The molecular formula is C15H22N2O4. The number of ether oxygens (including phenoxy) is 1. The lowest BCUT2D eigenvalue weighted by Crippen LogP contribution is -2.29. The van der Waals surface area contributed by atoms with Gasteiger partial charge in [-0.1, -0.05) is 6.92 Å². The number of carboxylic acids is 1. The third kappa shape index (κ3) is 7.31. The van der Waals surface area contributed by atoms with Gasteiger partial charge in [0.05, 0.1) is 5.56 Å². The quantitative estimate of drug-likeness (QED) is 0.566. The van der Waals surface area contributed by atoms with Gasteiger partial charge in [-0.2, -0.15) is 0 Å². The summed E-state index contributed by atoms with van der Waals surface area (Å²) >= 11 is 0. The molecule has 1 aromatic carbocycles. The lowest BCUT2D eigenvalue weighted by Gasteiger charge is -2.08. The maximum atomic E-state index is 11.3. The van der Waals surface area contributed by atoms with Crippen molar-refractivity contribution >= 4 is 11.9 Å². The summed E-state index contributed by atoms with van der Waals surface area (Å²) in [6.45, 7) is 4.43. The summed E-state index contributed by atoms with van der Waals surface area (Å²) < 4.78 is 5.46. The number of hydrogen-bond acceptors (Lipinski definition) is 4. The first-order valence-corrected chi connectivity index (χ1v) is 7.07. The molecule has 0 unspecified atom stereocenters. The highest BCUT2D eigenvalue weighted by molar-refractivity contribution is 5.87. The van der Waals surface area contributed by atoms with Crippen molar-refractivity contribution in [3.8, 4) is 5.75 Å². The molecule has 0 heterocycles. The van der Waals surface area contributed by atoms with Gasteiger partial charge in [-0.15, -0.1) is 0 Å². The Balaban J connectivity index is 2.09. The molecule has 0 saturated heterocycles. The van der Waals surface area contributed by atoms with Gasteiger partial charge in [0.1, 0.15) is 12.4 Å². The van der Waals surface area contributed by atoms with Crippen LogP contribution in [0.1, 0.15) is 30.1 Å². The van der Waals surface area contributed by atoms with Crippen molar-refractivity contribution in [2.24, 2.45) is 0 Å². The van der Waals surface area contributed by atoms with Gasteiger partial charge < -0.3 is 20.5 Å². The number of carboxylic acid groups (broad SMARTS) is 1. The maximum absolute atomic E-state index is 11.3. The second kappa shape index (κ2) is 9.77. The first-order valence-electron chi connectivity index (χ1n) is 7.07. The minimum Gasteiger partial charge on any atom is -0.492 e. The Hall–Kier alpha value is -2.08. The number of amides is 1. The third-order valence-electron chi connectivity index (χ3n) is 2.75. The number of carbonyl (C=O) groups excluding carboxylic acids is 1. The summed E-state index contributed by atoms with van der Waals surface area (Å²) in [5, 5.41) is 14.7. The molecule has 0 aliphatic rings. The zero-order valence-electron chi connectivity index (χ0n) is 12.2. The van der Waals surface area contributed by atoms with E-state index >= 15 is 0 Å². The third-order valence-corrected chi connectivity index (χ3v) is 2.75. The largest absolute Gasteiger partial charge is 0.492 e. The van der Waals surface area contributed by atoms with Crippen LogP contribution in [0, 0.1) is 0 Å². The monoisotopic (exact) mass is 294 g/mol. The van der Waals surface area contributed by atoms with Crippen LogP contribution in [0.15, 0.2) is 24.3 Å². The summed E-state index contributed by atoms with van der Waals surface area (Å²) in [6, 6.07) is 6.26. The Morgan fingerprint density at radius 2 is 1.86 bits per heavy atom. The molecule has 0 bridgehead atoms. The van der Waals surface area contributed by atoms with Gasteiger partial charge in [-0.05, 0) is 30.7 Å². The number of rotatable bonds is 10. The van der Waals surface area contributed by atoms with E-state index in [4.69, 9.17) is 9.84 Å². The Morgan fingerprint density at radius 3 is 2.48 bits per heavy atom. The minimum absolute atomic E-state index is 0.0505. The smallest absolute Gasteiger partial charge is 0.335 e. The van der Waals surface area contributed by atoms with E-state index in [9.17, 15) is 9.59 Å². The van der Waals surface area contributed by atoms with Crippen molar-refractivity contribution in [3.05, 3.63) is 29.8 Å². The predicted molar refractivity (Wildman–Crippen MR) is 79.7 cm³/mol. The molecule has 0 fully saturated rings. The summed E-state index contributed by atoms with van der Waals surface area (Å²) in [5.41, 5.74) is 0.235. The SMILES string of the molecule is CCCNC(=O)CCNCCOc1ccc(C(=O)O)cc1. The van der Waals surface area contributed by atoms with E-state index in [1.165, 1.54) is 12.1 Å². The first kappa shape index (κ1) is 17.0. The molecule has 6 nitrogen and oxygen atoms in total. The van der Waals surface area contributed by atoms with Crippen LogP contribution in [-0.4, -0.2) is 43.2 Å². The van der Waals surface area contributed by atoms with E-state index in [0.29, 0.717) is 38.4 Å². The van der Waals surface area contributed by atoms with E-state index in [1.54, 1.807) is 12.1 Å². The fourth-order valence-electron chi connectivity index (χ4n) is 1.61. The number of carbonyl (C=O) groups is 2. The maximum Gasteiger partial charge on any atom is 0.335 e. The van der Waals surface area contributed by atoms with Crippen molar-refractivity contribution in [3.63, 3.8) is 0 Å². The van der Waals surface area contributed by atoms with Crippen molar-refractivity contribution in [2.45, 2.75) is 19.8 Å². The summed E-state index contributed by atoms with van der Waals surface area (Å²) in [6.07, 6.45) is 1.39. The molecule has 1 rings (SSSR count). The number of nitrogens with one attached hydrogen (secondary N) is 2. The van der Waals surface area contributed by atoms with Crippen molar-refractivity contribution < 1.29 is 19.4 Å². The molecule has 0 saturated carbocycles. The molecule has 1 amide bonds. The minimum atomic E-state index is -0.954. The molecule has 6 heteroatoms. The van der Waals surface area contributed by atoms with E-state index in [0.717, 1.165) is 6.42 Å². The fraction of sp³-hybridized carbons (Fsp3) is 0.467. The normalized spacial score (nSPS) is 10.1. The lowest BCUT2D eigenvalue weighted by molar-refractivity contribution is -0.120. The molecule has 1 aromatic rings. The lowest BCUT2D eigenvalue weighted by atomic mass is 10.2. The molecule has 0 aromatic heterocycles. The molecule has 0 spiro atoms. The van der Waals surface area contributed by atoms with Gasteiger partial charge in [-0.3, -0.25) is 4.79 Å². The van der Waals surface area contributed by atoms with E-state index in [-0.39, 0.29) is 11.5 Å². The van der Waals surface area contributed by atoms with E-state index in [1.807, 2.05) is 6.92 Å². The molecule has 116 valence electrons. The van der Waals surface area contributed by atoms with Crippen LogP contribution in [0.4, 0.5) is 0 Å². The number of benzene rings is 1. The molecule has 21 heavy (non-hydrogen) atoms. The van der Waals surface area contributed by atoms with Crippen molar-refractivity contribution in [2.75, 3.05) is 26.2 Å². The molecule has 0 aliphatic heterocycles. The topological polar surface area (TPSA) is 87.7 Å². The van der Waals surface area contributed by atoms with Gasteiger partial charge in [0.2, 0.25) is 5.91 Å². The van der Waals surface area contributed by atoms with Gasteiger partial charge in [-0.25, -0.2) is 4.79 Å². The standard InChI is InChI=1S/C15H22N2O4/c1-2-8-17-14(18)7-9-16-10-11-21-13-5-3-12(4-6-13)15(19)20/h3-6,16H,2,7-11H2,1H3,(H,17,18)(H,19,20). The average Bonchev–Trinajstić information content (AvgIpc) is 2.49. The molecule has 0 atom stereocenters. The van der Waals surface area contributed by atoms with Crippen LogP contribution in [0.25, 0.3) is 0 Å². The van der Waals surface area contributed by atoms with Crippen molar-refractivity contribution in [1.29, 1.82) is 0 Å². The number of hydrogen-bond donors (Lipinski definition) is 3. The van der Waals surface area contributed by atoms with E-state index < -0.39 is 5.97 Å². The van der Waals surface area contributed by atoms with E-state index in [2.05, 4.69) is 10.6 Å². The summed E-state index contributed by atoms with van der Waals surface area (Å²) in [5.74, 6) is -0.276. The van der Waals surface area contributed by atoms with Crippen molar-refractivity contribution in [1.82, 2.24) is 10.6 Å². The van der Waals surface area contributed by atoms with Crippen LogP contribution in [0.5, 0.6) is 5.75 Å². The average molecular weight is 294 g/mol. The molecule has 0 radical (unpaired) electrons. The zero-order chi connectivity index (χ0) is 15.5. The predicted octanol–water partition coefficient (Wildman–Crippen LogP) is 1.27. The zero-order valence-corrected chi connectivity index (χ0v) is 12.2. The Labute approximate surface area is 124 Å². The highest BCUT2D eigenvalue weighted by Crippen LogP contribution is 2.11. The van der Waals surface area contributed by atoms with Gasteiger partial charge in [0.25, 0.3) is 0 Å². The van der Waals surface area contributed by atoms with Crippen LogP contribution < -0.4 is 15.4 Å². The molecule has 3 N–H and O–H groups in total. The van der Waals surface area contributed by atoms with Gasteiger partial charge >= 0.3 is 5.97 Å². The highest BCUT2D eigenvalue weighted by Gasteiger charge is 2.02. The van der Waals surface area contributed by atoms with Crippen LogP contribution >= 0.6 is 0 Å². The molecular weight excluding hydrogens is 272 g/mol. The Morgan fingerprint density at radius 1 is 1.14 bits per heavy atom. The second-order valence-electron chi connectivity index (χ2n) is 4.53. The summed E-state index contributed by atoms with van der Waals surface area (Å²) in [7, 11) is 0. The van der Waals surface area contributed by atoms with Crippen LogP contribution in [0.2, 0.25) is 0 Å². The summed E-state index contributed by atoms with van der Waals surface area (Å²) in [4.78, 5) is 22.0. The van der Waals surface area contributed by atoms with Crippen LogP contribution in [0.3, 0.4) is 0 Å². The fourth-order valence-corrected chi connectivity index (χ4v) is 1.61.